The monoisotopic (exact) mass is 511 g/mol. The maximum Gasteiger partial charge on any atom is 0.219 e. The quantitative estimate of drug-likeness (QED) is 0.465. The Bertz CT molecular complexity index is 1570. The van der Waals surface area contributed by atoms with Gasteiger partial charge >= 0.3 is 0 Å². The fourth-order valence-electron chi connectivity index (χ4n) is 3.38. The van der Waals surface area contributed by atoms with E-state index in [1.807, 2.05) is 13.0 Å². The number of nitriles is 1. The van der Waals surface area contributed by atoms with Gasteiger partial charge in [-0.25, -0.2) is 8.42 Å². The summed E-state index contributed by atoms with van der Waals surface area (Å²) in [5, 5.41) is 18.6. The molecule has 35 heavy (non-hydrogen) atoms. The molecule has 0 fully saturated rings. The van der Waals surface area contributed by atoms with Crippen molar-refractivity contribution in [3.05, 3.63) is 74.9 Å². The number of sulfone groups is 1. The molecule has 10 heteroatoms. The molecular weight excluding hydrogens is 486 g/mol. The average Bonchev–Trinajstić information content (AvgIpc) is 3.14. The van der Waals surface area contributed by atoms with E-state index in [2.05, 4.69) is 6.58 Å². The standard InChI is InChI=1S/C25H25N3O5S2/c1-6-11-28-24(27)22(14-19-20(32-4)12-17(31-3)13-21(19)33-5)34-25(28)23(15-26)35(29,30)18-9-7-16(2)8-10-18/h6-10,12-14,27H,1,11H2,2-5H3. The van der Waals surface area contributed by atoms with Gasteiger partial charge in [0, 0.05) is 18.7 Å². The molecule has 0 spiro atoms. The number of allylic oxidation sites excluding steroid dienone is 1. The fraction of sp³-hybridized carbons (Fsp3) is 0.200. The maximum absolute atomic E-state index is 13.4. The van der Waals surface area contributed by atoms with Crippen LogP contribution in [-0.4, -0.2) is 34.3 Å². The van der Waals surface area contributed by atoms with Gasteiger partial charge in [-0.05, 0) is 25.1 Å². The van der Waals surface area contributed by atoms with E-state index >= 15 is 0 Å². The highest BCUT2D eigenvalue weighted by Crippen LogP contribution is 2.34. The van der Waals surface area contributed by atoms with Crippen molar-refractivity contribution in [2.24, 2.45) is 0 Å². The van der Waals surface area contributed by atoms with Crippen molar-refractivity contribution < 1.29 is 22.6 Å². The van der Waals surface area contributed by atoms with E-state index in [4.69, 9.17) is 19.6 Å². The number of rotatable bonds is 8. The van der Waals surface area contributed by atoms with Gasteiger partial charge < -0.3 is 18.8 Å². The summed E-state index contributed by atoms with van der Waals surface area (Å²) in [5.41, 5.74) is 1.47. The van der Waals surface area contributed by atoms with Gasteiger partial charge in [-0.3, -0.25) is 5.41 Å². The Morgan fingerprint density at radius 3 is 2.23 bits per heavy atom. The number of benzene rings is 2. The molecule has 0 unspecified atom stereocenters. The first-order valence-electron chi connectivity index (χ1n) is 10.3. The molecule has 2 aromatic carbocycles. The Balaban J connectivity index is 2.41. The highest BCUT2D eigenvalue weighted by Gasteiger charge is 2.24. The Kier molecular flexibility index (Phi) is 7.84. The lowest BCUT2D eigenvalue weighted by atomic mass is 10.1. The number of hydrogen-bond acceptors (Lipinski definition) is 8. The van der Waals surface area contributed by atoms with Gasteiger partial charge in [0.2, 0.25) is 9.84 Å². The van der Waals surface area contributed by atoms with Gasteiger partial charge in [0.1, 0.15) is 33.5 Å². The van der Waals surface area contributed by atoms with Crippen LogP contribution in [0.15, 0.2) is 53.9 Å². The summed E-state index contributed by atoms with van der Waals surface area (Å²) in [5.74, 6) is 1.42. The number of hydrogen-bond donors (Lipinski definition) is 1. The van der Waals surface area contributed by atoms with Crippen LogP contribution < -0.4 is 28.9 Å². The number of ether oxygens (including phenoxy) is 3. The number of thiazole rings is 1. The first-order chi connectivity index (χ1) is 16.7. The van der Waals surface area contributed by atoms with Crippen LogP contribution in [0.4, 0.5) is 0 Å². The van der Waals surface area contributed by atoms with E-state index in [1.165, 1.54) is 38.0 Å². The van der Waals surface area contributed by atoms with Gasteiger partial charge in [0.15, 0.2) is 4.91 Å². The average molecular weight is 512 g/mol. The van der Waals surface area contributed by atoms with E-state index in [0.717, 1.165) is 16.9 Å². The maximum atomic E-state index is 13.4. The van der Waals surface area contributed by atoms with Crippen molar-refractivity contribution >= 4 is 32.2 Å². The van der Waals surface area contributed by atoms with Crippen LogP contribution in [0.2, 0.25) is 0 Å². The molecular formula is C25H25N3O5S2. The molecule has 3 aromatic rings. The third kappa shape index (κ3) is 5.01. The fourth-order valence-corrected chi connectivity index (χ4v) is 6.03. The van der Waals surface area contributed by atoms with E-state index in [0.29, 0.717) is 27.3 Å². The van der Waals surface area contributed by atoms with E-state index in [1.54, 1.807) is 36.4 Å². The molecule has 1 N–H and O–H groups in total. The minimum absolute atomic E-state index is 0.00811. The predicted octanol–water partition coefficient (Wildman–Crippen LogP) is 2.48. The molecule has 0 aliphatic heterocycles. The zero-order chi connectivity index (χ0) is 25.8. The molecule has 0 amide bonds. The van der Waals surface area contributed by atoms with Crippen molar-refractivity contribution in [3.63, 3.8) is 0 Å². The lowest BCUT2D eigenvalue weighted by molar-refractivity contribution is 0.374. The number of aryl methyl sites for hydroxylation is 1. The molecule has 0 atom stereocenters. The first kappa shape index (κ1) is 25.8. The minimum Gasteiger partial charge on any atom is -0.496 e. The van der Waals surface area contributed by atoms with Crippen LogP contribution >= 0.6 is 11.3 Å². The zero-order valence-electron chi connectivity index (χ0n) is 19.8. The molecule has 3 rings (SSSR count). The topological polar surface area (TPSA) is 114 Å². The summed E-state index contributed by atoms with van der Waals surface area (Å²) >= 11 is 1.02. The van der Waals surface area contributed by atoms with Gasteiger partial charge in [0.25, 0.3) is 0 Å². The van der Waals surface area contributed by atoms with Gasteiger partial charge in [-0.2, -0.15) is 5.26 Å². The van der Waals surface area contributed by atoms with Gasteiger partial charge in [0.05, 0.1) is 36.3 Å². The van der Waals surface area contributed by atoms with Crippen molar-refractivity contribution in [1.29, 1.82) is 10.7 Å². The summed E-state index contributed by atoms with van der Waals surface area (Å²) in [6.45, 7) is 5.70. The molecule has 0 radical (unpaired) electrons. The summed E-state index contributed by atoms with van der Waals surface area (Å²) < 4.78 is 45.0. The van der Waals surface area contributed by atoms with Crippen LogP contribution in [0.25, 0.3) is 11.0 Å². The Hall–Kier alpha value is -3.81. The van der Waals surface area contributed by atoms with Crippen molar-refractivity contribution in [3.8, 4) is 23.3 Å². The second-order valence-corrected chi connectivity index (χ2v) is 10.3. The summed E-state index contributed by atoms with van der Waals surface area (Å²) in [7, 11) is 0.401. The SMILES string of the molecule is C=CCn1c(=C(C#N)S(=O)(=O)c2ccc(C)cc2)sc(=Cc2c(OC)cc(OC)cc2OC)c1=N. The molecule has 8 nitrogen and oxygen atoms in total. The van der Waals surface area contributed by atoms with Crippen LogP contribution in [-0.2, 0) is 16.4 Å². The molecule has 1 heterocycles. The molecule has 1 aromatic heterocycles. The second-order valence-electron chi connectivity index (χ2n) is 7.37. The summed E-state index contributed by atoms with van der Waals surface area (Å²) in [6.07, 6.45) is 3.21. The third-order valence-electron chi connectivity index (χ3n) is 5.19. The Labute approximate surface area is 207 Å². The molecule has 0 aliphatic rings. The van der Waals surface area contributed by atoms with E-state index < -0.39 is 14.7 Å². The van der Waals surface area contributed by atoms with E-state index in [-0.39, 0.29) is 21.6 Å². The van der Waals surface area contributed by atoms with Crippen LogP contribution in [0.3, 0.4) is 0 Å². The molecule has 0 saturated carbocycles. The first-order valence-corrected chi connectivity index (χ1v) is 12.6. The number of nitrogens with one attached hydrogen (secondary N) is 1. The van der Waals surface area contributed by atoms with Crippen molar-refractivity contribution in [1.82, 2.24) is 4.57 Å². The lowest BCUT2D eigenvalue weighted by Crippen LogP contribution is -2.32. The van der Waals surface area contributed by atoms with Crippen molar-refractivity contribution in [2.75, 3.05) is 21.3 Å². The Morgan fingerprint density at radius 1 is 1.14 bits per heavy atom. The van der Waals surface area contributed by atoms with E-state index in [9.17, 15) is 13.7 Å². The van der Waals surface area contributed by atoms with Gasteiger partial charge in [-0.15, -0.1) is 17.9 Å². The normalized spacial score (nSPS) is 12.6. The molecule has 0 saturated heterocycles. The number of nitrogens with zero attached hydrogens (tertiary/aromatic N) is 2. The number of aromatic nitrogens is 1. The molecule has 0 bridgehead atoms. The Morgan fingerprint density at radius 2 is 1.74 bits per heavy atom. The van der Waals surface area contributed by atoms with Crippen molar-refractivity contribution in [2.45, 2.75) is 18.4 Å². The van der Waals surface area contributed by atoms with Crippen LogP contribution in [0.1, 0.15) is 11.1 Å². The summed E-state index contributed by atoms with van der Waals surface area (Å²) in [4.78, 5) is -0.427. The zero-order valence-corrected chi connectivity index (χ0v) is 21.4. The van der Waals surface area contributed by atoms with Gasteiger partial charge in [-0.1, -0.05) is 23.8 Å². The minimum atomic E-state index is -4.12. The lowest BCUT2D eigenvalue weighted by Gasteiger charge is -2.12. The highest BCUT2D eigenvalue weighted by molar-refractivity contribution is 8.00. The smallest absolute Gasteiger partial charge is 0.219 e. The number of methoxy groups -OCH3 is 3. The van der Waals surface area contributed by atoms with Crippen LogP contribution in [0.5, 0.6) is 17.2 Å². The van der Waals surface area contributed by atoms with Crippen LogP contribution in [0, 0.1) is 23.7 Å². The third-order valence-corrected chi connectivity index (χ3v) is 8.18. The largest absolute Gasteiger partial charge is 0.496 e. The molecule has 182 valence electrons. The second kappa shape index (κ2) is 10.6. The summed E-state index contributed by atoms with van der Waals surface area (Å²) in [6, 6.07) is 11.5. The highest BCUT2D eigenvalue weighted by atomic mass is 32.2. The predicted molar refractivity (Wildman–Crippen MR) is 135 cm³/mol. The molecule has 0 aliphatic carbocycles.